The molecular weight excluding hydrogens is 546 g/mol. The number of allylic oxidation sites excluding steroid dienone is 1. The smallest absolute Gasteiger partial charge is 0.275 e. The van der Waals surface area contributed by atoms with E-state index in [2.05, 4.69) is 11.1 Å². The van der Waals surface area contributed by atoms with Crippen molar-refractivity contribution in [3.63, 3.8) is 0 Å². The second-order valence-electron chi connectivity index (χ2n) is 10.4. The van der Waals surface area contributed by atoms with Gasteiger partial charge in [-0.1, -0.05) is 41.4 Å². The van der Waals surface area contributed by atoms with E-state index in [0.29, 0.717) is 28.0 Å². The molecule has 2 aromatic heterocycles. The zero-order valence-corrected chi connectivity index (χ0v) is 23.5. The summed E-state index contributed by atoms with van der Waals surface area (Å²) < 4.78 is 15.5. The van der Waals surface area contributed by atoms with Crippen LogP contribution in [0.1, 0.15) is 77.6 Å². The lowest BCUT2D eigenvalue weighted by Crippen LogP contribution is -2.39. The Morgan fingerprint density at radius 1 is 0.975 bits per heavy atom. The minimum Gasteiger partial charge on any atom is -0.329 e. The van der Waals surface area contributed by atoms with Crippen molar-refractivity contribution < 1.29 is 9.18 Å². The number of likely N-dealkylation sites (tertiary alicyclic amines) is 1. The van der Waals surface area contributed by atoms with E-state index in [4.69, 9.17) is 28.3 Å². The number of aromatic nitrogens is 3. The molecule has 1 aliphatic carbocycles. The maximum atomic E-state index is 14.4. The molecule has 6 rings (SSSR count). The van der Waals surface area contributed by atoms with E-state index >= 15 is 0 Å². The molecule has 1 saturated heterocycles. The topological polar surface area (TPSA) is 51.0 Å². The summed E-state index contributed by atoms with van der Waals surface area (Å²) in [5, 5.41) is 5.96. The number of hydrogen-bond acceptors (Lipinski definition) is 3. The highest BCUT2D eigenvalue weighted by atomic mass is 35.5. The van der Waals surface area contributed by atoms with Gasteiger partial charge in [0, 0.05) is 23.3 Å². The number of halogens is 3. The summed E-state index contributed by atoms with van der Waals surface area (Å²) >= 11 is 12.9. The van der Waals surface area contributed by atoms with Crippen LogP contribution in [0, 0.1) is 5.82 Å². The summed E-state index contributed by atoms with van der Waals surface area (Å²) in [4.78, 5) is 20.9. The predicted octanol–water partition coefficient (Wildman–Crippen LogP) is 8.35. The minimum absolute atomic E-state index is 0.0847. The third-order valence-corrected chi connectivity index (χ3v) is 8.29. The van der Waals surface area contributed by atoms with Gasteiger partial charge in [-0.25, -0.2) is 9.07 Å². The first-order chi connectivity index (χ1) is 19.5. The van der Waals surface area contributed by atoms with Gasteiger partial charge in [0.25, 0.3) is 5.91 Å². The van der Waals surface area contributed by atoms with Crippen LogP contribution in [0.5, 0.6) is 0 Å². The third kappa shape index (κ3) is 5.30. The summed E-state index contributed by atoms with van der Waals surface area (Å²) in [6.45, 7) is 0.654. The van der Waals surface area contributed by atoms with E-state index in [1.807, 2.05) is 33.8 Å². The number of rotatable bonds is 4. The van der Waals surface area contributed by atoms with Crippen molar-refractivity contribution in [3.05, 3.63) is 111 Å². The highest BCUT2D eigenvalue weighted by molar-refractivity contribution is 6.35. The molecule has 1 atom stereocenters. The number of pyridine rings is 1. The maximum Gasteiger partial charge on any atom is 0.275 e. The fourth-order valence-electron chi connectivity index (χ4n) is 5.84. The molecule has 1 aliphatic heterocycles. The van der Waals surface area contributed by atoms with E-state index in [1.165, 1.54) is 12.1 Å². The van der Waals surface area contributed by atoms with Crippen molar-refractivity contribution in [2.45, 2.75) is 51.0 Å². The van der Waals surface area contributed by atoms with E-state index in [9.17, 15) is 9.18 Å². The van der Waals surface area contributed by atoms with Crippen molar-refractivity contribution in [1.82, 2.24) is 19.7 Å². The highest BCUT2D eigenvalue weighted by Gasteiger charge is 2.35. The molecule has 2 aliphatic rings. The summed E-state index contributed by atoms with van der Waals surface area (Å²) in [5.41, 5.74) is 5.74. The molecule has 0 bridgehead atoms. The van der Waals surface area contributed by atoms with Crippen molar-refractivity contribution in [2.75, 3.05) is 6.54 Å². The maximum absolute atomic E-state index is 14.4. The first-order valence-electron chi connectivity index (χ1n) is 13.8. The van der Waals surface area contributed by atoms with Crippen LogP contribution in [0.15, 0.2) is 66.9 Å². The number of carbonyl (C=O) groups is 1. The molecule has 2 aromatic carbocycles. The predicted molar refractivity (Wildman–Crippen MR) is 157 cm³/mol. The lowest BCUT2D eigenvalue weighted by Gasteiger charge is -2.35. The number of amides is 1. The molecule has 0 spiro atoms. The normalized spacial score (nSPS) is 18.4. The molecule has 0 N–H and O–H groups in total. The number of hydrogen-bond donors (Lipinski definition) is 0. The number of fused-ring (bicyclic) bond motifs is 1. The Morgan fingerprint density at radius 2 is 1.80 bits per heavy atom. The summed E-state index contributed by atoms with van der Waals surface area (Å²) in [5.74, 6) is -0.364. The Labute approximate surface area is 243 Å². The van der Waals surface area contributed by atoms with Crippen LogP contribution in [0.25, 0.3) is 17.3 Å². The van der Waals surface area contributed by atoms with Gasteiger partial charge in [0.05, 0.1) is 28.1 Å². The second kappa shape index (κ2) is 11.6. The molecule has 40 heavy (non-hydrogen) atoms. The molecular formula is C32H29Cl2FN4O. The third-order valence-electron chi connectivity index (χ3n) is 7.75. The summed E-state index contributed by atoms with van der Waals surface area (Å²) in [6.07, 6.45) is 10.1. The van der Waals surface area contributed by atoms with Crippen molar-refractivity contribution in [1.29, 1.82) is 0 Å². The van der Waals surface area contributed by atoms with Crippen LogP contribution in [0.2, 0.25) is 10.0 Å². The average Bonchev–Trinajstić information content (AvgIpc) is 3.22. The van der Waals surface area contributed by atoms with Gasteiger partial charge in [-0.05, 0) is 105 Å². The summed E-state index contributed by atoms with van der Waals surface area (Å²) in [7, 11) is 0. The molecule has 0 saturated carbocycles. The number of benzene rings is 2. The molecule has 3 heterocycles. The van der Waals surface area contributed by atoms with Gasteiger partial charge in [-0.2, -0.15) is 5.10 Å². The molecule has 1 unspecified atom stereocenters. The van der Waals surface area contributed by atoms with E-state index in [0.717, 1.165) is 73.0 Å². The van der Waals surface area contributed by atoms with Gasteiger partial charge in [0.15, 0.2) is 5.69 Å². The minimum atomic E-state index is -0.279. The molecule has 1 fully saturated rings. The van der Waals surface area contributed by atoms with Gasteiger partial charge >= 0.3 is 0 Å². The Bertz CT molecular complexity index is 1570. The van der Waals surface area contributed by atoms with Gasteiger partial charge in [0.1, 0.15) is 5.82 Å². The van der Waals surface area contributed by atoms with Crippen LogP contribution < -0.4 is 0 Å². The zero-order valence-electron chi connectivity index (χ0n) is 22.0. The standard InChI is InChI=1S/C32H29Cl2FN4O/c33-23-13-16-28(26(34)20-23)39-31-22(19-21-11-14-24(35)15-12-21)7-1-2-8-25(31)30(37-39)32(40)38-18-6-4-10-29(38)27-9-3-5-17-36-27/h3,5,9,11-17,19-20,29H,1-2,4,6-8,10,18H2. The van der Waals surface area contributed by atoms with E-state index < -0.39 is 0 Å². The van der Waals surface area contributed by atoms with Crippen LogP contribution in [-0.4, -0.2) is 32.1 Å². The largest absolute Gasteiger partial charge is 0.329 e. The van der Waals surface area contributed by atoms with Gasteiger partial charge in [-0.15, -0.1) is 0 Å². The Morgan fingerprint density at radius 3 is 2.58 bits per heavy atom. The summed E-state index contributed by atoms with van der Waals surface area (Å²) in [6, 6.07) is 17.5. The Balaban J connectivity index is 1.51. The van der Waals surface area contributed by atoms with Gasteiger partial charge in [0.2, 0.25) is 0 Å². The quantitative estimate of drug-likeness (QED) is 0.230. The second-order valence-corrected chi connectivity index (χ2v) is 11.2. The Kier molecular flexibility index (Phi) is 7.72. The van der Waals surface area contributed by atoms with Crippen LogP contribution >= 0.6 is 23.2 Å². The highest BCUT2D eigenvalue weighted by Crippen LogP contribution is 2.39. The number of piperidine rings is 1. The lowest BCUT2D eigenvalue weighted by atomic mass is 9.97. The molecule has 8 heteroatoms. The zero-order chi connectivity index (χ0) is 27.6. The fourth-order valence-corrected chi connectivity index (χ4v) is 6.33. The van der Waals surface area contributed by atoms with Crippen LogP contribution in [0.4, 0.5) is 4.39 Å². The van der Waals surface area contributed by atoms with Crippen molar-refractivity contribution >= 4 is 40.8 Å². The van der Waals surface area contributed by atoms with Crippen LogP contribution in [-0.2, 0) is 6.42 Å². The Hall–Kier alpha value is -3.48. The molecule has 4 aromatic rings. The first-order valence-corrected chi connectivity index (χ1v) is 14.5. The fraction of sp³-hybridized carbons (Fsp3) is 0.281. The monoisotopic (exact) mass is 574 g/mol. The van der Waals surface area contributed by atoms with Crippen LogP contribution in [0.3, 0.4) is 0 Å². The molecule has 0 radical (unpaired) electrons. The van der Waals surface area contributed by atoms with Gasteiger partial charge < -0.3 is 4.90 Å². The van der Waals surface area contributed by atoms with E-state index in [1.54, 1.807) is 30.5 Å². The molecule has 5 nitrogen and oxygen atoms in total. The van der Waals surface area contributed by atoms with Gasteiger partial charge in [-0.3, -0.25) is 9.78 Å². The molecule has 204 valence electrons. The van der Waals surface area contributed by atoms with Crippen molar-refractivity contribution in [3.8, 4) is 5.69 Å². The molecule has 1 amide bonds. The number of nitrogens with zero attached hydrogens (tertiary/aromatic N) is 4. The number of carbonyl (C=O) groups excluding carboxylic acids is 1. The SMILES string of the molecule is O=C(c1nn(-c2ccc(Cl)cc2Cl)c2c1CCCCC2=Cc1ccc(F)cc1)N1CCCCC1c1ccccn1. The lowest BCUT2D eigenvalue weighted by molar-refractivity contribution is 0.0598. The van der Waals surface area contributed by atoms with Crippen molar-refractivity contribution in [2.24, 2.45) is 0 Å². The first kappa shape index (κ1) is 26.7. The van der Waals surface area contributed by atoms with E-state index in [-0.39, 0.29) is 17.8 Å². The average molecular weight is 576 g/mol.